The van der Waals surface area contributed by atoms with E-state index in [1.165, 1.54) is 6.26 Å². The summed E-state index contributed by atoms with van der Waals surface area (Å²) in [6.07, 6.45) is 2.58. The maximum atomic E-state index is 10.9. The predicted octanol–water partition coefficient (Wildman–Crippen LogP) is 0.418. The third-order valence-corrected chi connectivity index (χ3v) is 3.47. The van der Waals surface area contributed by atoms with Crippen molar-refractivity contribution in [3.8, 4) is 0 Å². The summed E-state index contributed by atoms with van der Waals surface area (Å²) >= 11 is 4.82. The lowest BCUT2D eigenvalue weighted by Gasteiger charge is -2.23. The van der Waals surface area contributed by atoms with E-state index in [4.69, 9.17) is 18.0 Å². The quantitative estimate of drug-likeness (QED) is 0.665. The number of nitrogens with zero attached hydrogens (tertiary/aromatic N) is 1. The second-order valence-corrected chi connectivity index (χ2v) is 6.77. The van der Waals surface area contributed by atoms with E-state index >= 15 is 0 Å². The van der Waals surface area contributed by atoms with Gasteiger partial charge in [0.2, 0.25) is 0 Å². The van der Waals surface area contributed by atoms with Crippen molar-refractivity contribution in [1.29, 1.82) is 0 Å². The second-order valence-electron chi connectivity index (χ2n) is 3.98. The van der Waals surface area contributed by atoms with Crippen molar-refractivity contribution in [2.45, 2.75) is 25.8 Å². The zero-order valence-corrected chi connectivity index (χ0v) is 11.2. The van der Waals surface area contributed by atoms with E-state index in [9.17, 15) is 8.42 Å². The molecule has 15 heavy (non-hydrogen) atoms. The van der Waals surface area contributed by atoms with Gasteiger partial charge in [0.05, 0.1) is 10.7 Å². The van der Waals surface area contributed by atoms with Crippen LogP contribution in [0.15, 0.2) is 0 Å². The van der Waals surface area contributed by atoms with Crippen molar-refractivity contribution in [2.75, 3.05) is 25.6 Å². The molecule has 0 spiro atoms. The Labute approximate surface area is 97.7 Å². The van der Waals surface area contributed by atoms with E-state index in [1.54, 1.807) is 0 Å². The molecule has 1 atom stereocenters. The minimum absolute atomic E-state index is 0.233. The molecule has 0 aromatic rings. The summed E-state index contributed by atoms with van der Waals surface area (Å²) in [7, 11) is -0.896. The van der Waals surface area contributed by atoms with Crippen molar-refractivity contribution in [3.05, 3.63) is 0 Å². The fraction of sp³-hybridized carbons (Fsp3) is 0.889. The van der Waals surface area contributed by atoms with E-state index < -0.39 is 9.84 Å². The van der Waals surface area contributed by atoms with Gasteiger partial charge in [0, 0.05) is 18.7 Å². The van der Waals surface area contributed by atoms with Crippen molar-refractivity contribution in [1.82, 2.24) is 4.90 Å². The summed E-state index contributed by atoms with van der Waals surface area (Å²) in [5.74, 6) is 0.233. The van der Waals surface area contributed by atoms with Crippen LogP contribution in [0.5, 0.6) is 0 Å². The number of hydrogen-bond donors (Lipinski definition) is 1. The molecule has 0 amide bonds. The van der Waals surface area contributed by atoms with Crippen LogP contribution in [-0.2, 0) is 9.84 Å². The average Bonchev–Trinajstić information content (AvgIpc) is 2.00. The summed E-state index contributed by atoms with van der Waals surface area (Å²) in [5.41, 5.74) is 5.44. The van der Waals surface area contributed by atoms with E-state index in [1.807, 2.05) is 14.0 Å². The first-order valence-electron chi connectivity index (χ1n) is 4.88. The lowest BCUT2D eigenvalue weighted by Crippen LogP contribution is -2.33. The molecule has 0 heterocycles. The number of sulfone groups is 1. The van der Waals surface area contributed by atoms with E-state index in [2.05, 4.69) is 4.90 Å². The summed E-state index contributed by atoms with van der Waals surface area (Å²) in [6.45, 7) is 2.77. The lowest BCUT2D eigenvalue weighted by molar-refractivity contribution is 0.264. The van der Waals surface area contributed by atoms with Gasteiger partial charge < -0.3 is 10.6 Å². The Morgan fingerprint density at radius 3 is 2.47 bits per heavy atom. The van der Waals surface area contributed by atoms with Crippen LogP contribution < -0.4 is 5.73 Å². The Kier molecular flexibility index (Phi) is 6.31. The fourth-order valence-corrected chi connectivity index (χ4v) is 2.14. The monoisotopic (exact) mass is 252 g/mol. The molecule has 6 heteroatoms. The van der Waals surface area contributed by atoms with Crippen LogP contribution in [0, 0.1) is 0 Å². The molecule has 0 aliphatic rings. The molecule has 1 unspecified atom stereocenters. The van der Waals surface area contributed by atoms with Gasteiger partial charge in [0.1, 0.15) is 9.84 Å². The van der Waals surface area contributed by atoms with Crippen molar-refractivity contribution in [2.24, 2.45) is 5.73 Å². The molecule has 90 valence electrons. The number of rotatable bonds is 7. The van der Waals surface area contributed by atoms with Gasteiger partial charge in [-0.05, 0) is 26.9 Å². The van der Waals surface area contributed by atoms with Gasteiger partial charge in [-0.15, -0.1) is 0 Å². The highest BCUT2D eigenvalue weighted by molar-refractivity contribution is 7.90. The van der Waals surface area contributed by atoms with Gasteiger partial charge in [0.15, 0.2) is 0 Å². The number of nitrogens with two attached hydrogens (primary N) is 1. The first-order chi connectivity index (χ1) is 6.72. The third kappa shape index (κ3) is 8.77. The van der Waals surface area contributed by atoms with Crippen molar-refractivity contribution in [3.63, 3.8) is 0 Å². The molecule has 0 aliphatic carbocycles. The normalized spacial score (nSPS) is 14.1. The molecule has 2 N–H and O–H groups in total. The maximum absolute atomic E-state index is 10.9. The molecule has 0 bridgehead atoms. The minimum atomic E-state index is -2.85. The first-order valence-corrected chi connectivity index (χ1v) is 7.35. The molecule has 0 aliphatic heterocycles. The third-order valence-electron chi connectivity index (χ3n) is 2.27. The highest BCUT2D eigenvalue weighted by atomic mass is 32.2. The van der Waals surface area contributed by atoms with Crippen LogP contribution in [-0.4, -0.2) is 49.9 Å². The summed E-state index contributed by atoms with van der Waals surface area (Å²) in [5, 5.41) is 0. The first kappa shape index (κ1) is 14.8. The minimum Gasteiger partial charge on any atom is -0.393 e. The Hall–Kier alpha value is -0.200. The van der Waals surface area contributed by atoms with Crippen LogP contribution in [0.3, 0.4) is 0 Å². The van der Waals surface area contributed by atoms with Gasteiger partial charge in [-0.25, -0.2) is 8.42 Å². The maximum Gasteiger partial charge on any atom is 0.147 e. The molecule has 0 saturated carbocycles. The molecule has 0 rings (SSSR count). The Morgan fingerprint density at radius 1 is 1.53 bits per heavy atom. The van der Waals surface area contributed by atoms with Gasteiger partial charge in [-0.3, -0.25) is 0 Å². The van der Waals surface area contributed by atoms with Gasteiger partial charge in [-0.1, -0.05) is 12.2 Å². The van der Waals surface area contributed by atoms with E-state index in [-0.39, 0.29) is 11.8 Å². The molecule has 0 fully saturated rings. The lowest BCUT2D eigenvalue weighted by atomic mass is 10.2. The summed E-state index contributed by atoms with van der Waals surface area (Å²) in [6, 6.07) is 0.266. The molecular weight excluding hydrogens is 232 g/mol. The van der Waals surface area contributed by atoms with Gasteiger partial charge in [-0.2, -0.15) is 0 Å². The zero-order valence-electron chi connectivity index (χ0n) is 9.56. The number of thiocarbonyl (C=S) groups is 1. The van der Waals surface area contributed by atoms with E-state index in [0.717, 1.165) is 6.54 Å². The van der Waals surface area contributed by atoms with Gasteiger partial charge >= 0.3 is 0 Å². The van der Waals surface area contributed by atoms with Gasteiger partial charge in [0.25, 0.3) is 0 Å². The molecule has 0 radical (unpaired) electrons. The summed E-state index contributed by atoms with van der Waals surface area (Å²) in [4.78, 5) is 2.57. The standard InChI is InChI=1S/C9H20N2O2S2/c1-8(7-9(10)14)11(2)5-4-6-15(3,12)13/h8H,4-7H2,1-3H3,(H2,10,14). The number of hydrogen-bond acceptors (Lipinski definition) is 4. The van der Waals surface area contributed by atoms with Crippen LogP contribution >= 0.6 is 12.2 Å². The zero-order chi connectivity index (χ0) is 12.1. The topological polar surface area (TPSA) is 63.4 Å². The van der Waals surface area contributed by atoms with Crippen LogP contribution in [0.2, 0.25) is 0 Å². The van der Waals surface area contributed by atoms with Crippen molar-refractivity contribution >= 4 is 27.0 Å². The SMILES string of the molecule is CC(CC(N)=S)N(C)CCCS(C)(=O)=O. The largest absolute Gasteiger partial charge is 0.393 e. The molecule has 0 saturated heterocycles. The fourth-order valence-electron chi connectivity index (χ4n) is 1.24. The van der Waals surface area contributed by atoms with E-state index in [0.29, 0.717) is 17.8 Å². The smallest absolute Gasteiger partial charge is 0.147 e. The average molecular weight is 252 g/mol. The van der Waals surface area contributed by atoms with Crippen molar-refractivity contribution < 1.29 is 8.42 Å². The Morgan fingerprint density at radius 2 is 2.07 bits per heavy atom. The van der Waals surface area contributed by atoms with Crippen LogP contribution in [0.25, 0.3) is 0 Å². The molecule has 0 aromatic carbocycles. The molecule has 4 nitrogen and oxygen atoms in total. The highest BCUT2D eigenvalue weighted by Gasteiger charge is 2.10. The Balaban J connectivity index is 3.83. The predicted molar refractivity (Wildman–Crippen MR) is 67.8 cm³/mol. The highest BCUT2D eigenvalue weighted by Crippen LogP contribution is 2.02. The summed E-state index contributed by atoms with van der Waals surface area (Å²) < 4.78 is 21.8. The molecule has 0 aromatic heterocycles. The van der Waals surface area contributed by atoms with Crippen LogP contribution in [0.1, 0.15) is 19.8 Å². The Bertz CT molecular complexity index is 301. The molecular formula is C9H20N2O2S2. The second kappa shape index (κ2) is 6.40. The van der Waals surface area contributed by atoms with Crippen LogP contribution in [0.4, 0.5) is 0 Å².